The van der Waals surface area contributed by atoms with Crippen molar-refractivity contribution in [1.29, 1.82) is 0 Å². The van der Waals surface area contributed by atoms with Gasteiger partial charge in [-0.2, -0.15) is 0 Å². The van der Waals surface area contributed by atoms with E-state index in [1.807, 2.05) is 0 Å². The summed E-state index contributed by atoms with van der Waals surface area (Å²) < 4.78 is 25.3. The van der Waals surface area contributed by atoms with Crippen LogP contribution in [0.4, 0.5) is 4.39 Å². The Bertz CT molecular complexity index is 858. The van der Waals surface area contributed by atoms with Gasteiger partial charge in [0.05, 0.1) is 10.6 Å². The summed E-state index contributed by atoms with van der Waals surface area (Å²) in [7, 11) is 0. The Hall–Kier alpha value is -1.96. The number of aromatic nitrogens is 1. The second-order valence-corrected chi connectivity index (χ2v) is 7.67. The van der Waals surface area contributed by atoms with Crippen molar-refractivity contribution >= 4 is 17.5 Å². The number of amides is 1. The summed E-state index contributed by atoms with van der Waals surface area (Å²) in [6, 6.07) is 4.18. The first-order chi connectivity index (χ1) is 12.0. The molecule has 0 saturated carbocycles. The molecule has 2 aromatic rings. The van der Waals surface area contributed by atoms with Gasteiger partial charge in [-0.15, -0.1) is 0 Å². The average Bonchev–Trinajstić information content (AvgIpc) is 2.94. The van der Waals surface area contributed by atoms with Gasteiger partial charge >= 0.3 is 0 Å². The van der Waals surface area contributed by atoms with Crippen LogP contribution in [0.15, 0.2) is 22.7 Å². The minimum Gasteiger partial charge on any atom is -0.370 e. The van der Waals surface area contributed by atoms with E-state index in [2.05, 4.69) is 5.16 Å². The molecule has 1 N–H and O–H groups in total. The van der Waals surface area contributed by atoms with Gasteiger partial charge in [0, 0.05) is 0 Å². The van der Waals surface area contributed by atoms with Gasteiger partial charge in [-0.05, 0) is 46.8 Å². The third kappa shape index (κ3) is 2.80. The molecular formula is C18H20ClFN2O4. The molecule has 3 rings (SSSR count). The maximum atomic E-state index is 14.4. The van der Waals surface area contributed by atoms with E-state index in [4.69, 9.17) is 20.9 Å². The van der Waals surface area contributed by atoms with Crippen LogP contribution in [0.5, 0.6) is 0 Å². The molecule has 6 nitrogen and oxygen atoms in total. The van der Waals surface area contributed by atoms with Crippen molar-refractivity contribution in [3.05, 3.63) is 40.4 Å². The van der Waals surface area contributed by atoms with Crippen molar-refractivity contribution in [2.45, 2.75) is 52.2 Å². The van der Waals surface area contributed by atoms with E-state index in [9.17, 15) is 14.3 Å². The summed E-state index contributed by atoms with van der Waals surface area (Å²) in [6.45, 7) is 8.24. The van der Waals surface area contributed by atoms with Gasteiger partial charge in [-0.1, -0.05) is 22.8 Å². The molecule has 1 unspecified atom stereocenters. The fourth-order valence-corrected chi connectivity index (χ4v) is 3.60. The first kappa shape index (κ1) is 18.8. The van der Waals surface area contributed by atoms with Gasteiger partial charge < -0.3 is 14.4 Å². The van der Waals surface area contributed by atoms with Gasteiger partial charge in [0.2, 0.25) is 0 Å². The number of hydrogen-bond donors (Lipinski definition) is 1. The van der Waals surface area contributed by atoms with Crippen molar-refractivity contribution in [2.75, 3.05) is 0 Å². The molecule has 1 fully saturated rings. The van der Waals surface area contributed by atoms with Gasteiger partial charge in [0.1, 0.15) is 34.2 Å². The van der Waals surface area contributed by atoms with E-state index >= 15 is 0 Å². The second kappa shape index (κ2) is 6.04. The minimum atomic E-state index is -1.21. The molecular weight excluding hydrogens is 363 g/mol. The standard InChI is InChI=1S/C18H20ClFN2O4/c1-9-12(14(21-25-9)13-10(19)7-6-8-11(13)20)15(23)22-16(24)17(2,3)26-18(22,4)5/h6-8,16,24H,1-5H3. The number of nitrogens with zero attached hydrogens (tertiary/aromatic N) is 2. The number of halogens is 2. The van der Waals surface area contributed by atoms with Crippen LogP contribution in [-0.4, -0.2) is 38.6 Å². The Morgan fingerprint density at radius 2 is 2.00 bits per heavy atom. The fraction of sp³-hybridized carbons (Fsp3) is 0.444. The summed E-state index contributed by atoms with van der Waals surface area (Å²) in [6.07, 6.45) is -1.21. The van der Waals surface area contributed by atoms with E-state index in [0.717, 1.165) is 0 Å². The number of carbonyl (C=O) groups excluding carboxylic acids is 1. The van der Waals surface area contributed by atoms with Crippen LogP contribution in [0.2, 0.25) is 5.02 Å². The van der Waals surface area contributed by atoms with Crippen LogP contribution in [0.3, 0.4) is 0 Å². The number of carbonyl (C=O) groups is 1. The lowest BCUT2D eigenvalue weighted by Crippen LogP contribution is -2.49. The van der Waals surface area contributed by atoms with E-state index in [1.165, 1.54) is 23.1 Å². The van der Waals surface area contributed by atoms with Gasteiger partial charge in [-0.3, -0.25) is 9.69 Å². The van der Waals surface area contributed by atoms with Crippen LogP contribution in [0, 0.1) is 12.7 Å². The topological polar surface area (TPSA) is 75.8 Å². The largest absolute Gasteiger partial charge is 0.370 e. The number of hydrogen-bond acceptors (Lipinski definition) is 5. The Kier molecular flexibility index (Phi) is 4.37. The number of benzene rings is 1. The Balaban J connectivity index is 2.15. The van der Waals surface area contributed by atoms with E-state index < -0.39 is 29.3 Å². The monoisotopic (exact) mass is 382 g/mol. The quantitative estimate of drug-likeness (QED) is 0.856. The van der Waals surface area contributed by atoms with E-state index in [0.29, 0.717) is 0 Å². The predicted molar refractivity (Wildman–Crippen MR) is 93.1 cm³/mol. The van der Waals surface area contributed by atoms with Crippen LogP contribution in [0.1, 0.15) is 43.8 Å². The number of aliphatic hydroxyl groups is 1. The molecule has 1 aromatic carbocycles. The maximum Gasteiger partial charge on any atom is 0.264 e. The third-order valence-corrected chi connectivity index (χ3v) is 4.77. The van der Waals surface area contributed by atoms with E-state index in [-0.39, 0.29) is 27.6 Å². The molecule has 0 spiro atoms. The smallest absolute Gasteiger partial charge is 0.264 e. The highest BCUT2D eigenvalue weighted by atomic mass is 35.5. The zero-order valence-electron chi connectivity index (χ0n) is 15.1. The van der Waals surface area contributed by atoms with Crippen molar-refractivity contribution in [2.24, 2.45) is 0 Å². The summed E-state index contributed by atoms with van der Waals surface area (Å²) >= 11 is 6.12. The molecule has 1 aromatic heterocycles. The zero-order chi connectivity index (χ0) is 19.4. The van der Waals surface area contributed by atoms with Crippen LogP contribution in [-0.2, 0) is 4.74 Å². The fourth-order valence-electron chi connectivity index (χ4n) is 3.35. The molecule has 0 radical (unpaired) electrons. The number of aryl methyl sites for hydroxylation is 1. The predicted octanol–water partition coefficient (Wildman–Crippen LogP) is 3.75. The highest BCUT2D eigenvalue weighted by molar-refractivity contribution is 6.33. The summed E-state index contributed by atoms with van der Waals surface area (Å²) in [4.78, 5) is 14.5. The Labute approximate surface area is 155 Å². The molecule has 8 heteroatoms. The lowest BCUT2D eigenvalue weighted by molar-refractivity contribution is -0.0982. The molecule has 140 valence electrons. The van der Waals surface area contributed by atoms with Crippen LogP contribution in [0.25, 0.3) is 11.3 Å². The van der Waals surface area contributed by atoms with Crippen molar-refractivity contribution in [1.82, 2.24) is 10.1 Å². The molecule has 1 aliphatic rings. The first-order valence-corrected chi connectivity index (χ1v) is 8.47. The summed E-state index contributed by atoms with van der Waals surface area (Å²) in [5.74, 6) is -1.02. The molecule has 0 bridgehead atoms. The number of rotatable bonds is 2. The molecule has 1 atom stereocenters. The second-order valence-electron chi connectivity index (χ2n) is 7.26. The van der Waals surface area contributed by atoms with Crippen LogP contribution < -0.4 is 0 Å². The highest BCUT2D eigenvalue weighted by Gasteiger charge is 2.54. The average molecular weight is 383 g/mol. The van der Waals surface area contributed by atoms with Crippen molar-refractivity contribution in [3.8, 4) is 11.3 Å². The molecule has 2 heterocycles. The lowest BCUT2D eigenvalue weighted by atomic mass is 10.0. The number of aliphatic hydroxyl groups excluding tert-OH is 1. The minimum absolute atomic E-state index is 0.0108. The lowest BCUT2D eigenvalue weighted by Gasteiger charge is -2.31. The Morgan fingerprint density at radius 1 is 1.35 bits per heavy atom. The maximum absolute atomic E-state index is 14.4. The third-order valence-electron chi connectivity index (χ3n) is 4.45. The molecule has 1 aliphatic heterocycles. The van der Waals surface area contributed by atoms with Gasteiger partial charge in [0.25, 0.3) is 5.91 Å². The first-order valence-electron chi connectivity index (χ1n) is 8.10. The SMILES string of the molecule is Cc1onc(-c2c(F)cccc2Cl)c1C(=O)N1C(O)C(C)(C)OC1(C)C. The zero-order valence-corrected chi connectivity index (χ0v) is 15.9. The Morgan fingerprint density at radius 3 is 2.54 bits per heavy atom. The van der Waals surface area contributed by atoms with E-state index in [1.54, 1.807) is 34.6 Å². The number of ether oxygens (including phenoxy) is 1. The molecule has 1 saturated heterocycles. The van der Waals surface area contributed by atoms with Crippen molar-refractivity contribution < 1.29 is 23.6 Å². The summed E-state index contributed by atoms with van der Waals surface area (Å²) in [5, 5.41) is 14.6. The van der Waals surface area contributed by atoms with Crippen molar-refractivity contribution in [3.63, 3.8) is 0 Å². The molecule has 0 aliphatic carbocycles. The van der Waals surface area contributed by atoms with Gasteiger partial charge in [0.15, 0.2) is 6.23 Å². The summed E-state index contributed by atoms with van der Waals surface area (Å²) in [5.41, 5.74) is -2.06. The van der Waals surface area contributed by atoms with Crippen LogP contribution >= 0.6 is 11.6 Å². The molecule has 26 heavy (non-hydrogen) atoms. The van der Waals surface area contributed by atoms with Gasteiger partial charge in [-0.25, -0.2) is 4.39 Å². The normalized spacial score (nSPS) is 21.2. The highest BCUT2D eigenvalue weighted by Crippen LogP contribution is 2.41. The molecule has 1 amide bonds.